The smallest absolute Gasteiger partial charge is 0.243 e. The van der Waals surface area contributed by atoms with Gasteiger partial charge >= 0.3 is 0 Å². The van der Waals surface area contributed by atoms with Crippen LogP contribution in [0.25, 0.3) is 0 Å². The van der Waals surface area contributed by atoms with E-state index in [0.717, 1.165) is 0 Å². The number of hydrogen-bond donors (Lipinski definition) is 1. The lowest BCUT2D eigenvalue weighted by Gasteiger charge is -2.19. The minimum absolute atomic E-state index is 0.0518. The van der Waals surface area contributed by atoms with Crippen molar-refractivity contribution in [2.45, 2.75) is 18.7 Å². The van der Waals surface area contributed by atoms with Crippen molar-refractivity contribution in [2.75, 3.05) is 26.1 Å². The van der Waals surface area contributed by atoms with Crippen molar-refractivity contribution in [3.05, 3.63) is 18.2 Å². The standard InChI is InChI=1S/C13H20ClN3O3S/c1-4-17(5-2)21(18,19)10-6-7-12(20-3)11(8-10)16-13(15)9-14/h6-8H,4-5,9H2,1-3H3,(H2,15,16). The molecule has 0 amide bonds. The van der Waals surface area contributed by atoms with E-state index in [4.69, 9.17) is 22.1 Å². The zero-order valence-corrected chi connectivity index (χ0v) is 13.9. The molecule has 0 spiro atoms. The fraction of sp³-hybridized carbons (Fsp3) is 0.462. The first kappa shape index (κ1) is 17.7. The van der Waals surface area contributed by atoms with Gasteiger partial charge in [0.25, 0.3) is 0 Å². The number of sulfonamides is 1. The van der Waals surface area contributed by atoms with Crippen molar-refractivity contribution < 1.29 is 13.2 Å². The number of benzene rings is 1. The van der Waals surface area contributed by atoms with Crippen LogP contribution in [0.2, 0.25) is 0 Å². The molecule has 0 aromatic heterocycles. The number of aliphatic imine (C=N–C) groups is 1. The van der Waals surface area contributed by atoms with Crippen molar-refractivity contribution >= 4 is 33.1 Å². The average molecular weight is 334 g/mol. The van der Waals surface area contributed by atoms with Crippen molar-refractivity contribution in [2.24, 2.45) is 10.7 Å². The highest BCUT2D eigenvalue weighted by Gasteiger charge is 2.22. The first-order valence-electron chi connectivity index (χ1n) is 6.47. The fourth-order valence-corrected chi connectivity index (χ4v) is 3.35. The Bertz CT molecular complexity index is 613. The maximum atomic E-state index is 12.5. The molecule has 2 N–H and O–H groups in total. The van der Waals surface area contributed by atoms with E-state index in [-0.39, 0.29) is 16.6 Å². The predicted octanol–water partition coefficient (Wildman–Crippen LogP) is 1.95. The van der Waals surface area contributed by atoms with Gasteiger partial charge < -0.3 is 10.5 Å². The molecule has 6 nitrogen and oxygen atoms in total. The molecule has 1 rings (SSSR count). The highest BCUT2D eigenvalue weighted by atomic mass is 35.5. The van der Waals surface area contributed by atoms with Gasteiger partial charge in [-0.15, -0.1) is 11.6 Å². The number of amidine groups is 1. The van der Waals surface area contributed by atoms with E-state index in [2.05, 4.69) is 4.99 Å². The Morgan fingerprint density at radius 3 is 2.48 bits per heavy atom. The maximum Gasteiger partial charge on any atom is 0.243 e. The Hall–Kier alpha value is -1.31. The van der Waals surface area contributed by atoms with Gasteiger partial charge in [-0.1, -0.05) is 13.8 Å². The van der Waals surface area contributed by atoms with E-state index in [9.17, 15) is 8.42 Å². The highest BCUT2D eigenvalue weighted by Crippen LogP contribution is 2.31. The Labute approximate surface area is 130 Å². The van der Waals surface area contributed by atoms with Crippen LogP contribution in [-0.4, -0.2) is 44.6 Å². The maximum absolute atomic E-state index is 12.5. The average Bonchev–Trinajstić information content (AvgIpc) is 2.47. The molecule has 118 valence electrons. The monoisotopic (exact) mass is 333 g/mol. The number of hydrogen-bond acceptors (Lipinski definition) is 4. The summed E-state index contributed by atoms with van der Waals surface area (Å²) in [5.41, 5.74) is 5.94. The summed E-state index contributed by atoms with van der Waals surface area (Å²) in [5, 5.41) is 0. The summed E-state index contributed by atoms with van der Waals surface area (Å²) in [6.07, 6.45) is 0. The second kappa shape index (κ2) is 7.63. The van der Waals surface area contributed by atoms with Crippen LogP contribution in [0.5, 0.6) is 5.75 Å². The quantitative estimate of drug-likeness (QED) is 0.469. The summed E-state index contributed by atoms with van der Waals surface area (Å²) >= 11 is 5.60. The molecule has 0 heterocycles. The number of rotatable bonds is 7. The molecule has 21 heavy (non-hydrogen) atoms. The molecule has 8 heteroatoms. The number of nitrogens with two attached hydrogens (primary N) is 1. The van der Waals surface area contributed by atoms with E-state index in [1.807, 2.05) is 0 Å². The van der Waals surface area contributed by atoms with Crippen LogP contribution in [0.1, 0.15) is 13.8 Å². The van der Waals surface area contributed by atoms with Crippen molar-refractivity contribution in [3.63, 3.8) is 0 Å². The van der Waals surface area contributed by atoms with Crippen molar-refractivity contribution in [1.82, 2.24) is 4.31 Å². The van der Waals surface area contributed by atoms with E-state index in [1.165, 1.54) is 23.5 Å². The van der Waals surface area contributed by atoms with Crippen LogP contribution < -0.4 is 10.5 Å². The summed E-state index contributed by atoms with van der Waals surface area (Å²) in [5.74, 6) is 0.671. The lowest BCUT2D eigenvalue weighted by Crippen LogP contribution is -2.30. The Morgan fingerprint density at radius 2 is 2.00 bits per heavy atom. The van der Waals surface area contributed by atoms with Gasteiger partial charge in [0.1, 0.15) is 17.3 Å². The third-order valence-corrected chi connectivity index (χ3v) is 5.21. The normalized spacial score (nSPS) is 12.7. The van der Waals surface area contributed by atoms with Crippen LogP contribution in [0, 0.1) is 0 Å². The van der Waals surface area contributed by atoms with Crippen molar-refractivity contribution in [3.8, 4) is 5.75 Å². The van der Waals surface area contributed by atoms with Gasteiger partial charge in [-0.05, 0) is 18.2 Å². The lowest BCUT2D eigenvalue weighted by molar-refractivity contribution is 0.415. The van der Waals surface area contributed by atoms with Gasteiger partial charge in [0, 0.05) is 13.1 Å². The van der Waals surface area contributed by atoms with Crippen LogP contribution in [0.3, 0.4) is 0 Å². The second-order valence-corrected chi connectivity index (χ2v) is 6.36. The summed E-state index contributed by atoms with van der Waals surface area (Å²) in [4.78, 5) is 4.23. The molecule has 0 aliphatic heterocycles. The van der Waals surface area contributed by atoms with Gasteiger partial charge in [-0.3, -0.25) is 0 Å². The minimum Gasteiger partial charge on any atom is -0.494 e. The summed E-state index contributed by atoms with van der Waals surface area (Å²) in [7, 11) is -2.08. The molecular weight excluding hydrogens is 314 g/mol. The first-order chi connectivity index (χ1) is 9.90. The molecule has 0 unspecified atom stereocenters. The van der Waals surface area contributed by atoms with Crippen molar-refractivity contribution in [1.29, 1.82) is 0 Å². The summed E-state index contributed by atoms with van der Waals surface area (Å²) < 4.78 is 31.5. The van der Waals surface area contributed by atoms with Crippen LogP contribution in [0.4, 0.5) is 5.69 Å². The molecule has 0 radical (unpaired) electrons. The van der Waals surface area contributed by atoms with Crippen LogP contribution in [0.15, 0.2) is 28.1 Å². The van der Waals surface area contributed by atoms with Gasteiger partial charge in [-0.25, -0.2) is 13.4 Å². The highest BCUT2D eigenvalue weighted by molar-refractivity contribution is 7.89. The number of nitrogens with zero attached hydrogens (tertiary/aromatic N) is 2. The molecule has 1 aromatic carbocycles. The largest absolute Gasteiger partial charge is 0.494 e. The molecular formula is C13H20ClN3O3S. The SMILES string of the molecule is CCN(CC)S(=O)(=O)c1ccc(OC)c(N=C(N)CCl)c1. The Kier molecular flexibility index (Phi) is 6.44. The zero-order valence-electron chi connectivity index (χ0n) is 12.3. The third-order valence-electron chi connectivity index (χ3n) is 2.89. The molecule has 0 bridgehead atoms. The molecule has 0 saturated carbocycles. The predicted molar refractivity (Wildman–Crippen MR) is 85.1 cm³/mol. The van der Waals surface area contributed by atoms with E-state index in [0.29, 0.717) is 24.5 Å². The summed E-state index contributed by atoms with van der Waals surface area (Å²) in [6, 6.07) is 4.48. The number of methoxy groups -OCH3 is 1. The first-order valence-corrected chi connectivity index (χ1v) is 8.45. The summed E-state index contributed by atoms with van der Waals surface area (Å²) in [6.45, 7) is 4.37. The molecule has 0 saturated heterocycles. The van der Waals surface area contributed by atoms with Gasteiger partial charge in [-0.2, -0.15) is 4.31 Å². The van der Waals surface area contributed by atoms with E-state index in [1.54, 1.807) is 19.9 Å². The fourth-order valence-electron chi connectivity index (χ4n) is 1.81. The number of halogens is 1. The van der Waals surface area contributed by atoms with E-state index < -0.39 is 10.0 Å². The second-order valence-electron chi connectivity index (χ2n) is 4.16. The van der Waals surface area contributed by atoms with Gasteiger partial charge in [0.05, 0.1) is 17.9 Å². The van der Waals surface area contributed by atoms with Crippen LogP contribution in [-0.2, 0) is 10.0 Å². The van der Waals surface area contributed by atoms with Gasteiger partial charge in [0.2, 0.25) is 10.0 Å². The zero-order chi connectivity index (χ0) is 16.0. The topological polar surface area (TPSA) is 85.0 Å². The lowest BCUT2D eigenvalue weighted by atomic mass is 10.3. The molecule has 0 aliphatic rings. The number of alkyl halides is 1. The Balaban J connectivity index is 3.38. The van der Waals surface area contributed by atoms with E-state index >= 15 is 0 Å². The Morgan fingerprint density at radius 1 is 1.38 bits per heavy atom. The van der Waals surface area contributed by atoms with Crippen LogP contribution >= 0.6 is 11.6 Å². The molecule has 1 aromatic rings. The number of ether oxygens (including phenoxy) is 1. The molecule has 0 fully saturated rings. The van der Waals surface area contributed by atoms with Gasteiger partial charge in [0.15, 0.2) is 0 Å². The third kappa shape index (κ3) is 4.09. The molecule has 0 atom stereocenters. The molecule has 0 aliphatic carbocycles. The minimum atomic E-state index is -3.56.